The van der Waals surface area contributed by atoms with Crippen molar-refractivity contribution in [2.24, 2.45) is 0 Å². The number of ether oxygens (including phenoxy) is 3. The van der Waals surface area contributed by atoms with Crippen molar-refractivity contribution in [3.63, 3.8) is 0 Å². The molecular weight excluding hydrogens is 684 g/mol. The summed E-state index contributed by atoms with van der Waals surface area (Å²) in [5.41, 5.74) is 0. The van der Waals surface area contributed by atoms with Crippen LogP contribution in [0.25, 0.3) is 0 Å². The molecule has 0 spiro atoms. The van der Waals surface area contributed by atoms with Crippen molar-refractivity contribution in [3.05, 3.63) is 31.6 Å². The average molecular weight is 720 g/mol. The highest BCUT2D eigenvalue weighted by molar-refractivity contribution is 7.14. The lowest BCUT2D eigenvalue weighted by Crippen LogP contribution is -2.45. The van der Waals surface area contributed by atoms with E-state index in [1.165, 1.54) is 0 Å². The second kappa shape index (κ2) is 17.7. The van der Waals surface area contributed by atoms with E-state index in [1.54, 1.807) is 13.6 Å². The third kappa shape index (κ3) is 12.4. The van der Waals surface area contributed by atoms with Crippen LogP contribution in [0, 0.1) is 0 Å². The van der Waals surface area contributed by atoms with E-state index in [4.69, 9.17) is 20.0 Å². The number of alkyl halides is 6. The van der Waals surface area contributed by atoms with E-state index in [0.717, 1.165) is 46.2 Å². The standard InChI is InChI=1S/C13H17BF3NO4S.C7H5F3O3S.C6H14BNO2/c1-14(20)18-5-3-8(4-6-18)22-9-7-10(13(15,16)17)23-11(9)12(19)21-2;1-13-6(12)5-3(11)2-4(14-5)7(8,9)10;1-7(10)8-4-2-6(9)3-5-8/h7-8,20H,3-6H2,1-2H3;2,11H,1H3;6,9-10H,2-5H2,1H3. The van der Waals surface area contributed by atoms with E-state index < -0.39 is 51.7 Å². The number of rotatable bonds is 6. The Balaban J connectivity index is 0.000000271. The number of esters is 2. The molecule has 0 aliphatic carbocycles. The molecule has 0 radical (unpaired) electrons. The molecule has 4 heterocycles. The predicted octanol–water partition coefficient (Wildman–Crippen LogP) is 4.32. The zero-order chi connectivity index (χ0) is 35.7. The van der Waals surface area contributed by atoms with Gasteiger partial charge in [-0.2, -0.15) is 26.3 Å². The highest BCUT2D eigenvalue weighted by Gasteiger charge is 2.37. The average Bonchev–Trinajstić information content (AvgIpc) is 3.61. The van der Waals surface area contributed by atoms with Crippen molar-refractivity contribution in [2.45, 2.75) is 63.9 Å². The summed E-state index contributed by atoms with van der Waals surface area (Å²) in [4.78, 5) is 23.7. The molecule has 264 valence electrons. The Morgan fingerprint density at radius 2 is 1.19 bits per heavy atom. The van der Waals surface area contributed by atoms with Gasteiger partial charge in [0.05, 0.1) is 20.3 Å². The number of nitrogens with zero attached hydrogens (tertiary/aromatic N) is 2. The first-order valence-electron chi connectivity index (χ1n) is 14.2. The highest BCUT2D eigenvalue weighted by Crippen LogP contribution is 2.41. The Morgan fingerprint density at radius 3 is 1.60 bits per heavy atom. The van der Waals surface area contributed by atoms with Gasteiger partial charge in [0.15, 0.2) is 9.75 Å². The monoisotopic (exact) mass is 720 g/mol. The van der Waals surface area contributed by atoms with Gasteiger partial charge in [0, 0.05) is 12.1 Å². The van der Waals surface area contributed by atoms with E-state index in [0.29, 0.717) is 43.3 Å². The summed E-state index contributed by atoms with van der Waals surface area (Å²) in [6.07, 6.45) is -6.83. The van der Waals surface area contributed by atoms with Gasteiger partial charge >= 0.3 is 38.4 Å². The maximum absolute atomic E-state index is 12.8. The molecule has 11 nitrogen and oxygen atoms in total. The van der Waals surface area contributed by atoms with Crippen molar-refractivity contribution in [1.82, 2.24) is 9.62 Å². The smallest absolute Gasteiger partial charge is 0.425 e. The zero-order valence-corrected chi connectivity index (χ0v) is 27.6. The van der Waals surface area contributed by atoms with Crippen LogP contribution in [-0.4, -0.2) is 109 Å². The van der Waals surface area contributed by atoms with Crippen molar-refractivity contribution in [3.8, 4) is 11.5 Å². The second-order valence-corrected chi connectivity index (χ2v) is 12.6. The number of piperidine rings is 2. The molecule has 2 fully saturated rings. The maximum atomic E-state index is 12.8. The van der Waals surface area contributed by atoms with Crippen LogP contribution in [-0.2, 0) is 21.8 Å². The third-order valence-corrected chi connectivity index (χ3v) is 9.33. The van der Waals surface area contributed by atoms with E-state index in [1.807, 2.05) is 9.62 Å². The molecule has 0 aromatic carbocycles. The summed E-state index contributed by atoms with van der Waals surface area (Å²) in [6, 6.07) is 1.34. The zero-order valence-electron chi connectivity index (χ0n) is 25.9. The lowest BCUT2D eigenvalue weighted by molar-refractivity contribution is -0.135. The number of hydrogen-bond acceptors (Lipinski definition) is 13. The van der Waals surface area contributed by atoms with Crippen molar-refractivity contribution in [1.29, 1.82) is 0 Å². The first kappa shape index (κ1) is 40.6. The highest BCUT2D eigenvalue weighted by atomic mass is 32.1. The summed E-state index contributed by atoms with van der Waals surface area (Å²) >= 11 is 0.468. The number of halogens is 6. The van der Waals surface area contributed by atoms with Gasteiger partial charge in [-0.1, -0.05) is 0 Å². The van der Waals surface area contributed by atoms with Gasteiger partial charge in [-0.15, -0.1) is 22.7 Å². The molecule has 2 aliphatic rings. The number of methoxy groups -OCH3 is 2. The fourth-order valence-corrected chi connectivity index (χ4v) is 6.12. The fourth-order valence-electron chi connectivity index (χ4n) is 4.40. The Labute approximate surface area is 275 Å². The first-order valence-corrected chi connectivity index (χ1v) is 15.9. The number of carbonyl (C=O) groups excluding carboxylic acids is 2. The van der Waals surface area contributed by atoms with Crippen molar-refractivity contribution >= 4 is 48.7 Å². The molecular formula is C26H36B2F6N2O9S2. The summed E-state index contributed by atoms with van der Waals surface area (Å²) in [5.74, 6) is -2.64. The van der Waals surface area contributed by atoms with Gasteiger partial charge in [-0.25, -0.2) is 9.59 Å². The molecule has 4 N–H and O–H groups in total. The second-order valence-electron chi connectivity index (χ2n) is 10.5. The third-order valence-electron chi connectivity index (χ3n) is 7.04. The Hall–Kier alpha value is -2.55. The van der Waals surface area contributed by atoms with E-state index in [-0.39, 0.29) is 41.2 Å². The Morgan fingerprint density at radius 1 is 0.787 bits per heavy atom. The van der Waals surface area contributed by atoms with Crippen molar-refractivity contribution in [2.75, 3.05) is 40.4 Å². The molecule has 0 amide bonds. The van der Waals surface area contributed by atoms with Crippen LogP contribution in [0.3, 0.4) is 0 Å². The van der Waals surface area contributed by atoms with Gasteiger partial charge < -0.3 is 44.1 Å². The predicted molar refractivity (Wildman–Crippen MR) is 163 cm³/mol. The minimum atomic E-state index is -4.56. The first-order chi connectivity index (χ1) is 21.8. The van der Waals surface area contributed by atoms with Crippen LogP contribution < -0.4 is 4.74 Å². The minimum Gasteiger partial charge on any atom is -0.506 e. The molecule has 2 aliphatic heterocycles. The van der Waals surface area contributed by atoms with Gasteiger partial charge in [-0.3, -0.25) is 0 Å². The molecule has 0 saturated carbocycles. The van der Waals surface area contributed by atoms with Crippen molar-refractivity contribution < 1.29 is 70.4 Å². The number of aromatic hydroxyl groups is 1. The number of carbonyl (C=O) groups is 2. The quantitative estimate of drug-likeness (QED) is 0.192. The van der Waals surface area contributed by atoms with Gasteiger partial charge in [0.1, 0.15) is 27.4 Å². The number of aliphatic hydroxyl groups is 1. The number of hydrogen-bond donors (Lipinski definition) is 4. The normalized spacial score (nSPS) is 16.7. The lowest BCUT2D eigenvalue weighted by atomic mass is 9.82. The molecule has 0 bridgehead atoms. The molecule has 2 aromatic heterocycles. The van der Waals surface area contributed by atoms with Gasteiger partial charge in [0.2, 0.25) is 0 Å². The van der Waals surface area contributed by atoms with E-state index in [2.05, 4.69) is 9.47 Å². The summed E-state index contributed by atoms with van der Waals surface area (Å²) in [5, 5.41) is 36.7. The summed E-state index contributed by atoms with van der Waals surface area (Å²) < 4.78 is 89.1. The van der Waals surface area contributed by atoms with E-state index in [9.17, 15) is 41.0 Å². The molecule has 47 heavy (non-hydrogen) atoms. The number of thiophene rings is 2. The van der Waals surface area contributed by atoms with E-state index >= 15 is 0 Å². The molecule has 0 atom stereocenters. The van der Waals surface area contributed by atoms with Gasteiger partial charge in [0.25, 0.3) is 0 Å². The molecule has 21 heteroatoms. The number of aliphatic hydroxyl groups excluding tert-OH is 1. The van der Waals surface area contributed by atoms with Crippen LogP contribution in [0.1, 0.15) is 54.8 Å². The molecule has 2 saturated heterocycles. The van der Waals surface area contributed by atoms with Crippen LogP contribution in [0.2, 0.25) is 13.6 Å². The Bertz CT molecular complexity index is 1290. The Kier molecular flexibility index (Phi) is 15.3. The summed E-state index contributed by atoms with van der Waals surface area (Å²) in [7, 11) is 1.21. The topological polar surface area (TPSA) is 149 Å². The molecule has 4 rings (SSSR count). The SMILES string of the molecule is CB(O)N1CCC(O)CC1.COC(=O)c1sc(C(F)(F)F)cc1O.COC(=O)c1sc(C(F)(F)F)cc1OC1CCN(B(C)O)CC1. The van der Waals surface area contributed by atoms with Crippen LogP contribution in [0.15, 0.2) is 12.1 Å². The molecule has 2 aromatic rings. The lowest BCUT2D eigenvalue weighted by Gasteiger charge is -2.32. The fraction of sp³-hybridized carbons (Fsp3) is 0.615. The minimum absolute atomic E-state index is 0.0929. The largest absolute Gasteiger partial charge is 0.506 e. The van der Waals surface area contributed by atoms with Crippen LogP contribution in [0.4, 0.5) is 26.3 Å². The van der Waals surface area contributed by atoms with Gasteiger partial charge in [-0.05, 0) is 65.5 Å². The van der Waals surface area contributed by atoms with Crippen LogP contribution in [0.5, 0.6) is 11.5 Å². The molecule has 0 unspecified atom stereocenters. The summed E-state index contributed by atoms with van der Waals surface area (Å²) in [6.45, 7) is 6.21. The van der Waals surface area contributed by atoms with Crippen LogP contribution >= 0.6 is 22.7 Å². The maximum Gasteiger partial charge on any atom is 0.425 e.